The van der Waals surface area contributed by atoms with Crippen molar-refractivity contribution in [2.24, 2.45) is 0 Å². The second-order valence-corrected chi connectivity index (χ2v) is 9.98. The van der Waals surface area contributed by atoms with Gasteiger partial charge in [0.15, 0.2) is 0 Å². The van der Waals surface area contributed by atoms with E-state index in [0.717, 1.165) is 12.1 Å². The number of ether oxygens (including phenoxy) is 2. The fourth-order valence-corrected chi connectivity index (χ4v) is 5.67. The van der Waals surface area contributed by atoms with Gasteiger partial charge in [-0.15, -0.1) is 0 Å². The van der Waals surface area contributed by atoms with Crippen molar-refractivity contribution in [1.82, 2.24) is 9.79 Å². The summed E-state index contributed by atoms with van der Waals surface area (Å²) in [6, 6.07) is 8.84. The normalized spacial score (nSPS) is 15.7. The minimum Gasteiger partial charge on any atom is -0.490 e. The van der Waals surface area contributed by atoms with Crippen LogP contribution in [0, 0.1) is 0 Å². The van der Waals surface area contributed by atoms with Crippen molar-refractivity contribution in [2.75, 3.05) is 26.8 Å². The van der Waals surface area contributed by atoms with Crippen molar-refractivity contribution in [2.45, 2.75) is 42.9 Å². The van der Waals surface area contributed by atoms with Gasteiger partial charge in [-0.3, -0.25) is 10.0 Å². The summed E-state index contributed by atoms with van der Waals surface area (Å²) >= 11 is 0. The number of hydrogen-bond donors (Lipinski definition) is 2. The molecule has 0 bridgehead atoms. The molecule has 0 aromatic heterocycles. The van der Waals surface area contributed by atoms with E-state index in [1.54, 1.807) is 12.1 Å². The van der Waals surface area contributed by atoms with Gasteiger partial charge in [-0.05, 0) is 61.6 Å². The number of nitrogens with zero attached hydrogens (tertiary/aromatic N) is 1. The number of hydroxylamine groups is 1. The molecule has 192 valence electrons. The Labute approximate surface area is 201 Å². The van der Waals surface area contributed by atoms with E-state index in [1.165, 1.54) is 35.1 Å². The summed E-state index contributed by atoms with van der Waals surface area (Å²) in [6.45, 7) is 0.618. The molecule has 1 amide bonds. The van der Waals surface area contributed by atoms with Gasteiger partial charge in [0.2, 0.25) is 10.0 Å². The zero-order chi connectivity index (χ0) is 25.6. The van der Waals surface area contributed by atoms with Gasteiger partial charge in [-0.1, -0.05) is 12.1 Å². The first kappa shape index (κ1) is 26.9. The highest BCUT2D eigenvalue weighted by Crippen LogP contribution is 2.31. The van der Waals surface area contributed by atoms with Crippen LogP contribution in [-0.4, -0.2) is 56.7 Å². The molecular formula is C23H27F3N2O6S. The van der Waals surface area contributed by atoms with Crippen molar-refractivity contribution < 1.29 is 41.1 Å². The Balaban J connectivity index is 1.72. The van der Waals surface area contributed by atoms with E-state index in [1.807, 2.05) is 0 Å². The van der Waals surface area contributed by atoms with Crippen molar-refractivity contribution in [3.63, 3.8) is 0 Å². The molecule has 1 saturated heterocycles. The van der Waals surface area contributed by atoms with Gasteiger partial charge in [0.1, 0.15) is 11.9 Å². The van der Waals surface area contributed by atoms with E-state index in [2.05, 4.69) is 0 Å². The predicted octanol–water partition coefficient (Wildman–Crippen LogP) is 3.64. The minimum atomic E-state index is -4.44. The van der Waals surface area contributed by atoms with Crippen LogP contribution in [0.25, 0.3) is 0 Å². The summed E-state index contributed by atoms with van der Waals surface area (Å²) in [4.78, 5) is 12.2. The highest BCUT2D eigenvalue weighted by molar-refractivity contribution is 7.89. The number of benzene rings is 2. The molecule has 35 heavy (non-hydrogen) atoms. The van der Waals surface area contributed by atoms with Crippen LogP contribution in [0.15, 0.2) is 47.4 Å². The Bertz CT molecular complexity index is 1120. The van der Waals surface area contributed by atoms with Crippen LogP contribution in [0.5, 0.6) is 5.75 Å². The molecule has 0 radical (unpaired) electrons. The average molecular weight is 517 g/mol. The fourth-order valence-electron chi connectivity index (χ4n) is 3.96. The van der Waals surface area contributed by atoms with Gasteiger partial charge < -0.3 is 9.47 Å². The third-order valence-electron chi connectivity index (χ3n) is 5.74. The third-order valence-corrected chi connectivity index (χ3v) is 7.68. The van der Waals surface area contributed by atoms with Crippen LogP contribution in [-0.2, 0) is 27.4 Å². The van der Waals surface area contributed by atoms with Crippen LogP contribution < -0.4 is 10.2 Å². The van der Waals surface area contributed by atoms with E-state index in [-0.39, 0.29) is 35.4 Å². The van der Waals surface area contributed by atoms with Gasteiger partial charge in [-0.2, -0.15) is 17.5 Å². The van der Waals surface area contributed by atoms with E-state index >= 15 is 0 Å². The Morgan fingerprint density at radius 1 is 1.14 bits per heavy atom. The van der Waals surface area contributed by atoms with Crippen molar-refractivity contribution in [3.8, 4) is 5.75 Å². The molecule has 0 unspecified atom stereocenters. The number of aryl methyl sites for hydroxylation is 1. The fraction of sp³-hybridized carbons (Fsp3) is 0.435. The summed E-state index contributed by atoms with van der Waals surface area (Å²) < 4.78 is 77.0. The Morgan fingerprint density at radius 2 is 1.80 bits per heavy atom. The van der Waals surface area contributed by atoms with Crippen LogP contribution in [0.2, 0.25) is 0 Å². The number of carbonyl (C=O) groups is 1. The zero-order valence-electron chi connectivity index (χ0n) is 19.0. The quantitative estimate of drug-likeness (QED) is 0.300. The zero-order valence-corrected chi connectivity index (χ0v) is 19.9. The number of piperidine rings is 1. The molecule has 1 heterocycles. The predicted molar refractivity (Wildman–Crippen MR) is 120 cm³/mol. The lowest BCUT2D eigenvalue weighted by atomic mass is 10.0. The van der Waals surface area contributed by atoms with E-state index < -0.39 is 27.7 Å². The molecule has 1 fully saturated rings. The maximum absolute atomic E-state index is 13.4. The molecule has 8 nitrogen and oxygen atoms in total. The van der Waals surface area contributed by atoms with Gasteiger partial charge in [-0.25, -0.2) is 13.9 Å². The molecule has 2 N–H and O–H groups in total. The number of rotatable bonds is 9. The van der Waals surface area contributed by atoms with Gasteiger partial charge in [0.05, 0.1) is 16.0 Å². The molecule has 12 heteroatoms. The lowest BCUT2D eigenvalue weighted by molar-refractivity contribution is -0.137. The highest BCUT2D eigenvalue weighted by atomic mass is 32.2. The summed E-state index contributed by atoms with van der Waals surface area (Å²) in [7, 11) is -2.53. The van der Waals surface area contributed by atoms with Crippen LogP contribution in [0.4, 0.5) is 13.2 Å². The number of halogens is 3. The van der Waals surface area contributed by atoms with Gasteiger partial charge in [0, 0.05) is 26.8 Å². The molecule has 3 rings (SSSR count). The van der Waals surface area contributed by atoms with Crippen LogP contribution >= 0.6 is 0 Å². The monoisotopic (exact) mass is 516 g/mol. The number of carbonyl (C=O) groups excluding carboxylic acids is 1. The standard InChI is InChI=1S/C23H27F3N2O6S/c1-33-15-3-5-16-4-2-6-20(21(16)22(29)27-30)35(31,32)28-13-11-19(12-14-28)34-18-9-7-17(8-10-18)23(24,25)26/h2,4,6-10,19,30H,3,5,11-15H2,1H3,(H,27,29). The molecule has 0 atom stereocenters. The molecule has 0 aliphatic carbocycles. The van der Waals surface area contributed by atoms with Crippen molar-refractivity contribution in [3.05, 3.63) is 59.2 Å². The van der Waals surface area contributed by atoms with Crippen molar-refractivity contribution in [1.29, 1.82) is 0 Å². The number of alkyl halides is 3. The first-order valence-corrected chi connectivity index (χ1v) is 12.4. The molecule has 0 saturated carbocycles. The first-order chi connectivity index (χ1) is 16.6. The number of hydrogen-bond acceptors (Lipinski definition) is 6. The van der Waals surface area contributed by atoms with E-state index in [9.17, 15) is 31.6 Å². The number of nitrogens with one attached hydrogen (secondary N) is 1. The second-order valence-electron chi connectivity index (χ2n) is 8.07. The number of amides is 1. The Kier molecular flexibility index (Phi) is 8.75. The average Bonchev–Trinajstić information content (AvgIpc) is 2.83. The molecule has 1 aliphatic heterocycles. The minimum absolute atomic E-state index is 0.0989. The summed E-state index contributed by atoms with van der Waals surface area (Å²) in [6.07, 6.45) is -3.25. The SMILES string of the molecule is COCCCc1cccc(S(=O)(=O)N2CCC(Oc3ccc(C(F)(F)F)cc3)CC2)c1C(=O)NO. The van der Waals surface area contributed by atoms with Crippen molar-refractivity contribution >= 4 is 15.9 Å². The van der Waals surface area contributed by atoms with E-state index in [0.29, 0.717) is 37.9 Å². The number of methoxy groups -OCH3 is 1. The maximum Gasteiger partial charge on any atom is 0.416 e. The molecule has 0 spiro atoms. The van der Waals surface area contributed by atoms with E-state index in [4.69, 9.17) is 9.47 Å². The van der Waals surface area contributed by atoms with Crippen LogP contribution in [0.3, 0.4) is 0 Å². The Hall–Kier alpha value is -2.67. The first-order valence-electron chi connectivity index (χ1n) is 11.0. The number of sulfonamides is 1. The smallest absolute Gasteiger partial charge is 0.416 e. The third kappa shape index (κ3) is 6.51. The largest absolute Gasteiger partial charge is 0.490 e. The summed E-state index contributed by atoms with van der Waals surface area (Å²) in [5, 5.41) is 9.21. The molecule has 1 aliphatic rings. The second kappa shape index (κ2) is 11.4. The molecular weight excluding hydrogens is 489 g/mol. The lowest BCUT2D eigenvalue weighted by Crippen LogP contribution is -2.42. The summed E-state index contributed by atoms with van der Waals surface area (Å²) in [5.74, 6) is -0.651. The summed E-state index contributed by atoms with van der Waals surface area (Å²) in [5.41, 5.74) is 1.10. The van der Waals surface area contributed by atoms with Gasteiger partial charge >= 0.3 is 6.18 Å². The topological polar surface area (TPSA) is 105 Å². The Morgan fingerprint density at radius 3 is 2.37 bits per heavy atom. The van der Waals surface area contributed by atoms with Crippen LogP contribution in [0.1, 0.15) is 40.7 Å². The molecule has 2 aromatic rings. The lowest BCUT2D eigenvalue weighted by Gasteiger charge is -2.32. The maximum atomic E-state index is 13.4. The van der Waals surface area contributed by atoms with Gasteiger partial charge in [0.25, 0.3) is 5.91 Å². The highest BCUT2D eigenvalue weighted by Gasteiger charge is 2.34. The molecule has 2 aromatic carbocycles.